The van der Waals surface area contributed by atoms with Gasteiger partial charge < -0.3 is 0 Å². The minimum Gasteiger partial charge on any atom is -0.297 e. The number of rotatable bonds is 4. The largest absolute Gasteiger partial charge is 0.297 e. The molecule has 3 heteroatoms. The standard InChI is InChI=1S/C10H19FNO/c1-9(11)10-5-2-3-6-12(10)7-4-8-13/h9-10H,2-8H2,1H3. The van der Waals surface area contributed by atoms with E-state index in [2.05, 4.69) is 4.90 Å². The molecule has 2 atom stereocenters. The van der Waals surface area contributed by atoms with Crippen LogP contribution in [0.1, 0.15) is 32.6 Å². The zero-order valence-electron chi connectivity index (χ0n) is 8.34. The minimum absolute atomic E-state index is 0.0378. The average Bonchev–Trinajstić information content (AvgIpc) is 2.15. The van der Waals surface area contributed by atoms with Gasteiger partial charge in [-0.3, -0.25) is 4.90 Å². The Hall–Kier alpha value is -0.150. The highest BCUT2D eigenvalue weighted by atomic mass is 19.1. The smallest absolute Gasteiger partial charge is 0.113 e. The maximum atomic E-state index is 13.1. The molecule has 1 aliphatic heterocycles. The molecule has 1 aliphatic rings. The summed E-state index contributed by atoms with van der Waals surface area (Å²) in [5.74, 6) is 0. The molecule has 0 aliphatic carbocycles. The van der Waals surface area contributed by atoms with E-state index < -0.39 is 6.17 Å². The van der Waals surface area contributed by atoms with Gasteiger partial charge >= 0.3 is 0 Å². The number of likely N-dealkylation sites (tertiary alicyclic amines) is 1. The Bertz CT molecular complexity index is 141. The van der Waals surface area contributed by atoms with Crippen molar-refractivity contribution in [2.75, 3.05) is 19.7 Å². The molecule has 1 fully saturated rings. The number of halogens is 1. The second-order valence-electron chi connectivity index (χ2n) is 3.83. The topological polar surface area (TPSA) is 23.1 Å². The summed E-state index contributed by atoms with van der Waals surface area (Å²) in [5, 5.41) is 10.3. The number of hydrogen-bond donors (Lipinski definition) is 0. The number of alkyl halides is 1. The predicted molar refractivity (Wildman–Crippen MR) is 50.0 cm³/mol. The monoisotopic (exact) mass is 188 g/mol. The van der Waals surface area contributed by atoms with Crippen molar-refractivity contribution in [3.63, 3.8) is 0 Å². The van der Waals surface area contributed by atoms with Crippen LogP contribution in [0, 0.1) is 0 Å². The zero-order valence-corrected chi connectivity index (χ0v) is 8.34. The Balaban J connectivity index is 2.37. The molecule has 0 aromatic carbocycles. The second-order valence-corrected chi connectivity index (χ2v) is 3.83. The molecule has 0 amide bonds. The fourth-order valence-corrected chi connectivity index (χ4v) is 2.08. The van der Waals surface area contributed by atoms with Crippen LogP contribution in [0.2, 0.25) is 0 Å². The molecule has 0 bridgehead atoms. The third-order valence-electron chi connectivity index (χ3n) is 2.78. The summed E-state index contributed by atoms with van der Waals surface area (Å²) in [6.45, 7) is 3.34. The van der Waals surface area contributed by atoms with E-state index in [0.29, 0.717) is 6.42 Å². The molecule has 0 aromatic rings. The molecule has 0 saturated carbocycles. The van der Waals surface area contributed by atoms with Crippen LogP contribution in [0.15, 0.2) is 0 Å². The van der Waals surface area contributed by atoms with Crippen LogP contribution in [0.5, 0.6) is 0 Å². The first-order chi connectivity index (χ1) is 6.25. The van der Waals surface area contributed by atoms with Crippen LogP contribution in [-0.2, 0) is 5.11 Å². The molecule has 0 N–H and O–H groups in total. The van der Waals surface area contributed by atoms with Crippen molar-refractivity contribution in [2.24, 2.45) is 0 Å². The van der Waals surface area contributed by atoms with Crippen LogP contribution in [-0.4, -0.2) is 36.8 Å². The van der Waals surface area contributed by atoms with Gasteiger partial charge in [-0.2, -0.15) is 0 Å². The highest BCUT2D eigenvalue weighted by molar-refractivity contribution is 4.80. The molecule has 1 heterocycles. The first-order valence-corrected chi connectivity index (χ1v) is 5.22. The van der Waals surface area contributed by atoms with Gasteiger partial charge in [-0.1, -0.05) is 6.42 Å². The SMILES string of the molecule is CC(F)C1CCCCN1CCC[O]. The maximum Gasteiger partial charge on any atom is 0.113 e. The minimum atomic E-state index is -0.757. The quantitative estimate of drug-likeness (QED) is 0.662. The Kier molecular flexibility index (Phi) is 4.67. The lowest BCUT2D eigenvalue weighted by atomic mass is 9.99. The highest BCUT2D eigenvalue weighted by Gasteiger charge is 2.26. The van der Waals surface area contributed by atoms with Gasteiger partial charge in [0, 0.05) is 12.6 Å². The summed E-state index contributed by atoms with van der Waals surface area (Å²) < 4.78 is 13.1. The molecule has 77 valence electrons. The van der Waals surface area contributed by atoms with Crippen molar-refractivity contribution >= 4 is 0 Å². The molecule has 1 radical (unpaired) electrons. The summed E-state index contributed by atoms with van der Waals surface area (Å²) in [5.41, 5.74) is 0. The van der Waals surface area contributed by atoms with E-state index in [9.17, 15) is 9.50 Å². The van der Waals surface area contributed by atoms with E-state index in [-0.39, 0.29) is 12.6 Å². The van der Waals surface area contributed by atoms with Crippen molar-refractivity contribution in [2.45, 2.75) is 44.8 Å². The van der Waals surface area contributed by atoms with E-state index in [1.54, 1.807) is 6.92 Å². The van der Waals surface area contributed by atoms with Crippen molar-refractivity contribution in [3.8, 4) is 0 Å². The first-order valence-electron chi connectivity index (χ1n) is 5.22. The molecule has 0 aromatic heterocycles. The lowest BCUT2D eigenvalue weighted by Crippen LogP contribution is -2.44. The van der Waals surface area contributed by atoms with E-state index in [1.807, 2.05) is 0 Å². The molecular formula is C10H19FNO. The summed E-state index contributed by atoms with van der Waals surface area (Å²) in [7, 11) is 0. The Morgan fingerprint density at radius 3 is 2.92 bits per heavy atom. The third kappa shape index (κ3) is 3.24. The number of hydrogen-bond acceptors (Lipinski definition) is 1. The molecule has 1 saturated heterocycles. The van der Waals surface area contributed by atoms with Crippen molar-refractivity contribution in [1.82, 2.24) is 4.90 Å². The van der Waals surface area contributed by atoms with Gasteiger partial charge in [0.05, 0.1) is 6.61 Å². The third-order valence-corrected chi connectivity index (χ3v) is 2.78. The summed E-state index contributed by atoms with van der Waals surface area (Å²) in [4.78, 5) is 2.14. The lowest BCUT2D eigenvalue weighted by Gasteiger charge is -2.36. The van der Waals surface area contributed by atoms with E-state index in [4.69, 9.17) is 0 Å². The average molecular weight is 188 g/mol. The van der Waals surface area contributed by atoms with Gasteiger partial charge in [-0.25, -0.2) is 9.50 Å². The van der Waals surface area contributed by atoms with E-state index >= 15 is 0 Å². The zero-order chi connectivity index (χ0) is 9.68. The van der Waals surface area contributed by atoms with Gasteiger partial charge in [0.15, 0.2) is 0 Å². The van der Waals surface area contributed by atoms with E-state index in [1.165, 1.54) is 0 Å². The van der Waals surface area contributed by atoms with E-state index in [0.717, 1.165) is 32.4 Å². The van der Waals surface area contributed by atoms with Crippen LogP contribution in [0.4, 0.5) is 4.39 Å². The van der Waals surface area contributed by atoms with Gasteiger partial charge in [0.2, 0.25) is 0 Å². The maximum absolute atomic E-state index is 13.1. The fourth-order valence-electron chi connectivity index (χ4n) is 2.08. The van der Waals surface area contributed by atoms with Crippen LogP contribution >= 0.6 is 0 Å². The molecule has 2 nitrogen and oxygen atoms in total. The van der Waals surface area contributed by atoms with Crippen LogP contribution < -0.4 is 0 Å². The van der Waals surface area contributed by atoms with Crippen LogP contribution in [0.25, 0.3) is 0 Å². The van der Waals surface area contributed by atoms with Crippen LogP contribution in [0.3, 0.4) is 0 Å². The first kappa shape index (κ1) is 10.9. The Labute approximate surface area is 79.7 Å². The van der Waals surface area contributed by atoms with Crippen molar-refractivity contribution in [1.29, 1.82) is 0 Å². The molecule has 1 rings (SSSR count). The van der Waals surface area contributed by atoms with Gasteiger partial charge in [0.25, 0.3) is 0 Å². The summed E-state index contributed by atoms with van der Waals surface area (Å²) in [6.07, 6.45) is 3.14. The lowest BCUT2D eigenvalue weighted by molar-refractivity contribution is 0.0722. The normalized spacial score (nSPS) is 27.5. The summed E-state index contributed by atoms with van der Waals surface area (Å²) >= 11 is 0. The Morgan fingerprint density at radius 1 is 1.54 bits per heavy atom. The van der Waals surface area contributed by atoms with Gasteiger partial charge in [-0.05, 0) is 32.7 Å². The number of piperidine rings is 1. The Morgan fingerprint density at radius 2 is 2.31 bits per heavy atom. The highest BCUT2D eigenvalue weighted by Crippen LogP contribution is 2.21. The fraction of sp³-hybridized carbons (Fsp3) is 1.00. The van der Waals surface area contributed by atoms with Gasteiger partial charge in [0.1, 0.15) is 6.17 Å². The molecular weight excluding hydrogens is 169 g/mol. The van der Waals surface area contributed by atoms with Crippen molar-refractivity contribution in [3.05, 3.63) is 0 Å². The predicted octanol–water partition coefficient (Wildman–Crippen LogP) is 2.02. The molecule has 13 heavy (non-hydrogen) atoms. The van der Waals surface area contributed by atoms with Gasteiger partial charge in [-0.15, -0.1) is 0 Å². The van der Waals surface area contributed by atoms with Crippen molar-refractivity contribution < 1.29 is 9.50 Å². The molecule has 2 unspecified atom stereocenters. The summed E-state index contributed by atoms with van der Waals surface area (Å²) in [6, 6.07) is 0.0697. The number of nitrogens with zero attached hydrogens (tertiary/aromatic N) is 1. The molecule has 0 spiro atoms. The second kappa shape index (κ2) is 5.55.